The molecule has 0 amide bonds. The third-order valence-corrected chi connectivity index (χ3v) is 2.83. The van der Waals surface area contributed by atoms with Gasteiger partial charge >= 0.3 is 0 Å². The summed E-state index contributed by atoms with van der Waals surface area (Å²) in [4.78, 5) is 2.61. The summed E-state index contributed by atoms with van der Waals surface area (Å²) in [6, 6.07) is 0.852. The van der Waals surface area contributed by atoms with Crippen molar-refractivity contribution in [3.8, 4) is 0 Å². The summed E-state index contributed by atoms with van der Waals surface area (Å²) in [7, 11) is 0. The largest absolute Gasteiger partial charge is 0.312 e. The van der Waals surface area contributed by atoms with Crippen molar-refractivity contribution in [1.29, 1.82) is 0 Å². The summed E-state index contributed by atoms with van der Waals surface area (Å²) in [5, 5.41) is 3.35. The van der Waals surface area contributed by atoms with Gasteiger partial charge in [-0.2, -0.15) is 0 Å². The van der Waals surface area contributed by atoms with E-state index in [-0.39, 0.29) is 0 Å². The van der Waals surface area contributed by atoms with Gasteiger partial charge < -0.3 is 5.32 Å². The molecule has 0 aliphatic carbocycles. The predicted molar refractivity (Wildman–Crippen MR) is 58.0 cm³/mol. The molecule has 0 bridgehead atoms. The Balaban J connectivity index is 2.09. The lowest BCUT2D eigenvalue weighted by atomic mass is 10.2. The summed E-state index contributed by atoms with van der Waals surface area (Å²) in [6.07, 6.45) is 6.01. The van der Waals surface area contributed by atoms with E-state index in [9.17, 15) is 0 Å². The monoisotopic (exact) mass is 182 g/mol. The van der Waals surface area contributed by atoms with Crippen LogP contribution in [0, 0.1) is 0 Å². The van der Waals surface area contributed by atoms with E-state index in [1.165, 1.54) is 32.4 Å². The molecule has 1 aliphatic rings. The Bertz CT molecular complexity index is 145. The molecule has 1 N–H and O–H groups in total. The van der Waals surface area contributed by atoms with Crippen molar-refractivity contribution >= 4 is 0 Å². The molecule has 0 saturated carbocycles. The SMILES string of the molecule is C=CCNCCN1CCCC1CC. The summed E-state index contributed by atoms with van der Waals surface area (Å²) in [5.41, 5.74) is 0. The minimum atomic E-state index is 0.852. The highest BCUT2D eigenvalue weighted by atomic mass is 15.2. The van der Waals surface area contributed by atoms with Crippen molar-refractivity contribution in [2.45, 2.75) is 32.2 Å². The fraction of sp³-hybridized carbons (Fsp3) is 0.818. The van der Waals surface area contributed by atoms with Crippen LogP contribution in [0.3, 0.4) is 0 Å². The average molecular weight is 182 g/mol. The summed E-state index contributed by atoms with van der Waals surface area (Å²) < 4.78 is 0. The number of nitrogens with one attached hydrogen (secondary N) is 1. The fourth-order valence-electron chi connectivity index (χ4n) is 2.08. The first-order chi connectivity index (χ1) is 6.38. The van der Waals surface area contributed by atoms with Crippen LogP contribution in [0.2, 0.25) is 0 Å². The smallest absolute Gasteiger partial charge is 0.0132 e. The number of likely N-dealkylation sites (tertiary alicyclic amines) is 1. The summed E-state index contributed by atoms with van der Waals surface area (Å²) >= 11 is 0. The first-order valence-electron chi connectivity index (χ1n) is 5.44. The van der Waals surface area contributed by atoms with E-state index in [4.69, 9.17) is 0 Å². The second-order valence-corrected chi connectivity index (χ2v) is 3.73. The maximum absolute atomic E-state index is 3.69. The quantitative estimate of drug-likeness (QED) is 0.496. The Morgan fingerprint density at radius 3 is 3.15 bits per heavy atom. The summed E-state index contributed by atoms with van der Waals surface area (Å²) in [5.74, 6) is 0. The van der Waals surface area contributed by atoms with Gasteiger partial charge in [-0.05, 0) is 25.8 Å². The van der Waals surface area contributed by atoms with E-state index in [1.807, 2.05) is 6.08 Å². The molecule has 13 heavy (non-hydrogen) atoms. The first-order valence-corrected chi connectivity index (χ1v) is 5.44. The van der Waals surface area contributed by atoms with Crippen LogP contribution in [-0.4, -0.2) is 37.1 Å². The van der Waals surface area contributed by atoms with Crippen LogP contribution in [-0.2, 0) is 0 Å². The molecule has 2 nitrogen and oxygen atoms in total. The zero-order valence-corrected chi connectivity index (χ0v) is 8.76. The highest BCUT2D eigenvalue weighted by Crippen LogP contribution is 2.18. The number of hydrogen-bond donors (Lipinski definition) is 1. The maximum atomic E-state index is 3.69. The number of rotatable bonds is 6. The van der Waals surface area contributed by atoms with E-state index in [2.05, 4.69) is 23.7 Å². The van der Waals surface area contributed by atoms with Gasteiger partial charge in [0.25, 0.3) is 0 Å². The predicted octanol–water partition coefficient (Wildman–Crippen LogP) is 1.64. The first kappa shape index (κ1) is 10.7. The van der Waals surface area contributed by atoms with E-state index in [0.29, 0.717) is 0 Å². The molecule has 0 radical (unpaired) electrons. The molecule has 0 aromatic carbocycles. The molecule has 0 aromatic heterocycles. The zero-order chi connectivity index (χ0) is 9.52. The molecule has 1 rings (SSSR count). The molecule has 0 aromatic rings. The van der Waals surface area contributed by atoms with Gasteiger partial charge in [-0.3, -0.25) is 4.90 Å². The molecule has 76 valence electrons. The third-order valence-electron chi connectivity index (χ3n) is 2.83. The topological polar surface area (TPSA) is 15.3 Å². The van der Waals surface area contributed by atoms with Crippen molar-refractivity contribution in [1.82, 2.24) is 10.2 Å². The average Bonchev–Trinajstić information content (AvgIpc) is 2.60. The molecule has 1 unspecified atom stereocenters. The van der Waals surface area contributed by atoms with Gasteiger partial charge in [0.1, 0.15) is 0 Å². The van der Waals surface area contributed by atoms with Crippen LogP contribution in [0.1, 0.15) is 26.2 Å². The van der Waals surface area contributed by atoms with Gasteiger partial charge in [-0.1, -0.05) is 13.0 Å². The molecular weight excluding hydrogens is 160 g/mol. The van der Waals surface area contributed by atoms with Gasteiger partial charge in [0, 0.05) is 25.7 Å². The third kappa shape index (κ3) is 3.49. The summed E-state index contributed by atoms with van der Waals surface area (Å²) in [6.45, 7) is 10.5. The van der Waals surface area contributed by atoms with Gasteiger partial charge in [-0.25, -0.2) is 0 Å². The Morgan fingerprint density at radius 1 is 1.62 bits per heavy atom. The molecule has 1 atom stereocenters. The minimum Gasteiger partial charge on any atom is -0.312 e. The van der Waals surface area contributed by atoms with Crippen LogP contribution in [0.15, 0.2) is 12.7 Å². The Kier molecular flexibility index (Phi) is 5.09. The van der Waals surface area contributed by atoms with E-state index in [1.54, 1.807) is 0 Å². The molecule has 1 aliphatic heterocycles. The van der Waals surface area contributed by atoms with Gasteiger partial charge in [-0.15, -0.1) is 6.58 Å². The maximum Gasteiger partial charge on any atom is 0.0132 e. The van der Waals surface area contributed by atoms with Crippen LogP contribution < -0.4 is 5.32 Å². The van der Waals surface area contributed by atoms with Crippen molar-refractivity contribution in [2.75, 3.05) is 26.2 Å². The lowest BCUT2D eigenvalue weighted by Gasteiger charge is -2.23. The van der Waals surface area contributed by atoms with Crippen molar-refractivity contribution < 1.29 is 0 Å². The van der Waals surface area contributed by atoms with Crippen molar-refractivity contribution in [2.24, 2.45) is 0 Å². The zero-order valence-electron chi connectivity index (χ0n) is 8.76. The van der Waals surface area contributed by atoms with Crippen LogP contribution >= 0.6 is 0 Å². The molecular formula is C11H22N2. The van der Waals surface area contributed by atoms with E-state index >= 15 is 0 Å². The Hall–Kier alpha value is -0.340. The van der Waals surface area contributed by atoms with E-state index < -0.39 is 0 Å². The second-order valence-electron chi connectivity index (χ2n) is 3.73. The standard InChI is InChI=1S/C11H22N2/c1-3-7-12-8-10-13-9-5-6-11(13)4-2/h3,11-12H,1,4-10H2,2H3. The van der Waals surface area contributed by atoms with Gasteiger partial charge in [0.05, 0.1) is 0 Å². The van der Waals surface area contributed by atoms with Crippen LogP contribution in [0.25, 0.3) is 0 Å². The molecule has 1 fully saturated rings. The highest BCUT2D eigenvalue weighted by Gasteiger charge is 2.21. The Labute approximate surface area is 82.0 Å². The highest BCUT2D eigenvalue weighted by molar-refractivity contribution is 4.78. The molecule has 1 heterocycles. The lowest BCUT2D eigenvalue weighted by Crippen LogP contribution is -2.35. The Morgan fingerprint density at radius 2 is 2.46 bits per heavy atom. The normalized spacial score (nSPS) is 23.6. The van der Waals surface area contributed by atoms with Crippen molar-refractivity contribution in [3.63, 3.8) is 0 Å². The lowest BCUT2D eigenvalue weighted by molar-refractivity contribution is 0.249. The second kappa shape index (κ2) is 6.17. The number of nitrogens with zero attached hydrogens (tertiary/aromatic N) is 1. The minimum absolute atomic E-state index is 0.852. The van der Waals surface area contributed by atoms with Crippen LogP contribution in [0.5, 0.6) is 0 Å². The molecule has 1 saturated heterocycles. The van der Waals surface area contributed by atoms with Gasteiger partial charge in [0.15, 0.2) is 0 Å². The fourth-order valence-corrected chi connectivity index (χ4v) is 2.08. The van der Waals surface area contributed by atoms with Gasteiger partial charge in [0.2, 0.25) is 0 Å². The van der Waals surface area contributed by atoms with Crippen LogP contribution in [0.4, 0.5) is 0 Å². The molecule has 0 spiro atoms. The number of hydrogen-bond acceptors (Lipinski definition) is 2. The van der Waals surface area contributed by atoms with Crippen molar-refractivity contribution in [3.05, 3.63) is 12.7 Å². The molecule has 2 heteroatoms. The van der Waals surface area contributed by atoms with E-state index in [0.717, 1.165) is 19.1 Å².